The van der Waals surface area contributed by atoms with Crippen LogP contribution in [0.15, 0.2) is 10.5 Å². The minimum atomic E-state index is -0.822. The van der Waals surface area contributed by atoms with Gasteiger partial charge in [0, 0.05) is 15.9 Å². The summed E-state index contributed by atoms with van der Waals surface area (Å²) in [6.07, 6.45) is 0. The third-order valence-corrected chi connectivity index (χ3v) is 4.60. The zero-order valence-corrected chi connectivity index (χ0v) is 12.1. The Labute approximate surface area is 112 Å². The fraction of sp³-hybridized carbons (Fsp3) is 0.500. The van der Waals surface area contributed by atoms with E-state index in [9.17, 15) is 4.79 Å². The molecule has 3 nitrogen and oxygen atoms in total. The summed E-state index contributed by atoms with van der Waals surface area (Å²) in [6.45, 7) is 4.28. The molecule has 90 valence electrons. The molecule has 0 bridgehead atoms. The van der Waals surface area contributed by atoms with Gasteiger partial charge < -0.3 is 5.11 Å². The number of halogens is 2. The van der Waals surface area contributed by atoms with E-state index in [0.717, 1.165) is 9.35 Å². The van der Waals surface area contributed by atoms with Gasteiger partial charge in [0.25, 0.3) is 0 Å². The Kier molecular flexibility index (Phi) is 5.24. The second-order valence-electron chi connectivity index (χ2n) is 3.78. The number of carbonyl (C=O) groups is 1. The van der Waals surface area contributed by atoms with Crippen LogP contribution in [-0.4, -0.2) is 17.1 Å². The van der Waals surface area contributed by atoms with Gasteiger partial charge in [-0.3, -0.25) is 10.1 Å². The Hall–Kier alpha value is -0.100. The van der Waals surface area contributed by atoms with Gasteiger partial charge in [0.15, 0.2) is 0 Å². The van der Waals surface area contributed by atoms with Crippen molar-refractivity contribution in [2.45, 2.75) is 26.4 Å². The van der Waals surface area contributed by atoms with Crippen LogP contribution in [0.4, 0.5) is 0 Å². The van der Waals surface area contributed by atoms with Crippen molar-refractivity contribution < 1.29 is 9.90 Å². The van der Waals surface area contributed by atoms with E-state index in [1.165, 1.54) is 11.3 Å². The highest BCUT2D eigenvalue weighted by Crippen LogP contribution is 2.31. The van der Waals surface area contributed by atoms with Crippen molar-refractivity contribution in [1.29, 1.82) is 0 Å². The molecule has 0 unspecified atom stereocenters. The van der Waals surface area contributed by atoms with E-state index >= 15 is 0 Å². The molecule has 0 aliphatic rings. The molecule has 0 aliphatic carbocycles. The van der Waals surface area contributed by atoms with Gasteiger partial charge in [-0.15, -0.1) is 11.3 Å². The third-order valence-electron chi connectivity index (χ3n) is 2.13. The molecule has 16 heavy (non-hydrogen) atoms. The predicted octanol–water partition coefficient (Wildman–Crippen LogP) is 3.36. The van der Waals surface area contributed by atoms with Crippen molar-refractivity contribution in [2.75, 3.05) is 0 Å². The molecule has 0 radical (unpaired) electrons. The van der Waals surface area contributed by atoms with Crippen molar-refractivity contribution in [2.24, 2.45) is 5.92 Å². The second-order valence-corrected chi connectivity index (χ2v) is 6.37. The van der Waals surface area contributed by atoms with Crippen molar-refractivity contribution in [3.05, 3.63) is 19.8 Å². The van der Waals surface area contributed by atoms with Crippen LogP contribution in [0.3, 0.4) is 0 Å². The van der Waals surface area contributed by atoms with E-state index < -0.39 is 12.0 Å². The summed E-state index contributed by atoms with van der Waals surface area (Å²) in [7, 11) is 0. The van der Waals surface area contributed by atoms with Gasteiger partial charge in [0.05, 0.1) is 0 Å². The lowest BCUT2D eigenvalue weighted by atomic mass is 10.1. The Morgan fingerprint density at radius 1 is 1.69 bits per heavy atom. The lowest BCUT2D eigenvalue weighted by molar-refractivity contribution is -0.140. The van der Waals surface area contributed by atoms with E-state index in [0.29, 0.717) is 10.9 Å². The molecule has 0 aliphatic heterocycles. The molecule has 1 aromatic heterocycles. The zero-order chi connectivity index (χ0) is 12.3. The molecule has 0 saturated heterocycles. The first-order valence-electron chi connectivity index (χ1n) is 4.81. The highest BCUT2D eigenvalue weighted by molar-refractivity contribution is 9.10. The van der Waals surface area contributed by atoms with E-state index in [1.807, 2.05) is 19.9 Å². The molecule has 1 aromatic rings. The summed E-state index contributed by atoms with van der Waals surface area (Å²) in [5.41, 5.74) is 0. The van der Waals surface area contributed by atoms with E-state index in [-0.39, 0.29) is 5.92 Å². The second kappa shape index (κ2) is 6.00. The van der Waals surface area contributed by atoms with Crippen LogP contribution in [0.5, 0.6) is 0 Å². The van der Waals surface area contributed by atoms with Gasteiger partial charge in [-0.2, -0.15) is 0 Å². The maximum absolute atomic E-state index is 10.9. The van der Waals surface area contributed by atoms with E-state index in [2.05, 4.69) is 21.2 Å². The molecule has 6 heteroatoms. The number of rotatable bonds is 5. The van der Waals surface area contributed by atoms with Crippen LogP contribution in [-0.2, 0) is 11.3 Å². The summed E-state index contributed by atoms with van der Waals surface area (Å²) in [4.78, 5) is 12.0. The molecule has 2 N–H and O–H groups in total. The number of nitrogens with one attached hydrogen (secondary N) is 1. The average Bonchev–Trinajstić information content (AvgIpc) is 2.45. The number of carboxylic acid groups (broad SMARTS) is 1. The standard InChI is InChI=1S/C10H13BrClNO2S/c1-5(2)8(10(14)15)13-4-6-3-7(11)9(12)16-6/h3,5,8,13H,4H2,1-2H3,(H,14,15)/t8-/m1/s1. The Morgan fingerprint density at radius 2 is 2.31 bits per heavy atom. The van der Waals surface area contributed by atoms with Gasteiger partial charge >= 0.3 is 5.97 Å². The maximum atomic E-state index is 10.9. The van der Waals surface area contributed by atoms with Crippen LogP contribution in [0.25, 0.3) is 0 Å². The normalized spacial score (nSPS) is 13.1. The molecule has 1 heterocycles. The van der Waals surface area contributed by atoms with Crippen molar-refractivity contribution in [1.82, 2.24) is 5.32 Å². The Bertz CT molecular complexity index is 361. The fourth-order valence-electron chi connectivity index (χ4n) is 1.30. The SMILES string of the molecule is CC(C)[C@@H](NCc1cc(Br)c(Cl)s1)C(=O)O. The summed E-state index contributed by atoms with van der Waals surface area (Å²) < 4.78 is 1.54. The Balaban J connectivity index is 2.59. The average molecular weight is 327 g/mol. The maximum Gasteiger partial charge on any atom is 0.320 e. The first-order chi connectivity index (χ1) is 7.41. The molecular formula is C10H13BrClNO2S. The van der Waals surface area contributed by atoms with Gasteiger partial charge in [-0.05, 0) is 27.9 Å². The molecule has 1 rings (SSSR count). The summed E-state index contributed by atoms with van der Waals surface area (Å²) in [6, 6.07) is 1.37. The Morgan fingerprint density at radius 3 is 2.69 bits per heavy atom. The van der Waals surface area contributed by atoms with Crippen molar-refractivity contribution in [3.63, 3.8) is 0 Å². The minimum absolute atomic E-state index is 0.0522. The molecule has 0 saturated carbocycles. The van der Waals surface area contributed by atoms with Gasteiger partial charge in [-0.1, -0.05) is 25.4 Å². The summed E-state index contributed by atoms with van der Waals surface area (Å²) in [5, 5.41) is 12.0. The number of aliphatic carboxylic acids is 1. The highest BCUT2D eigenvalue weighted by Gasteiger charge is 2.20. The number of thiophene rings is 1. The zero-order valence-electron chi connectivity index (χ0n) is 8.96. The smallest absolute Gasteiger partial charge is 0.320 e. The first kappa shape index (κ1) is 14.0. The van der Waals surface area contributed by atoms with Crippen molar-refractivity contribution in [3.8, 4) is 0 Å². The highest BCUT2D eigenvalue weighted by atomic mass is 79.9. The predicted molar refractivity (Wildman–Crippen MR) is 70.1 cm³/mol. The summed E-state index contributed by atoms with van der Waals surface area (Å²) >= 11 is 10.7. The number of carboxylic acids is 1. The molecule has 1 atom stereocenters. The lowest BCUT2D eigenvalue weighted by Crippen LogP contribution is -2.40. The van der Waals surface area contributed by atoms with Gasteiger partial charge in [-0.25, -0.2) is 0 Å². The quantitative estimate of drug-likeness (QED) is 0.872. The topological polar surface area (TPSA) is 49.3 Å². The molecule has 0 aromatic carbocycles. The van der Waals surface area contributed by atoms with E-state index in [4.69, 9.17) is 16.7 Å². The first-order valence-corrected chi connectivity index (χ1v) is 6.80. The van der Waals surface area contributed by atoms with Crippen LogP contribution >= 0.6 is 38.9 Å². The largest absolute Gasteiger partial charge is 0.480 e. The lowest BCUT2D eigenvalue weighted by Gasteiger charge is -2.17. The van der Waals surface area contributed by atoms with Crippen LogP contribution in [0.1, 0.15) is 18.7 Å². The van der Waals surface area contributed by atoms with Gasteiger partial charge in [0.1, 0.15) is 10.4 Å². The van der Waals surface area contributed by atoms with Crippen LogP contribution < -0.4 is 5.32 Å². The molecule has 0 spiro atoms. The van der Waals surface area contributed by atoms with Crippen LogP contribution in [0, 0.1) is 5.92 Å². The van der Waals surface area contributed by atoms with Crippen molar-refractivity contribution >= 4 is 44.8 Å². The molecular weight excluding hydrogens is 314 g/mol. The minimum Gasteiger partial charge on any atom is -0.480 e. The van der Waals surface area contributed by atoms with E-state index in [1.54, 1.807) is 0 Å². The monoisotopic (exact) mass is 325 g/mol. The van der Waals surface area contributed by atoms with Gasteiger partial charge in [0.2, 0.25) is 0 Å². The number of hydrogen-bond acceptors (Lipinski definition) is 3. The molecule has 0 amide bonds. The van der Waals surface area contributed by atoms with Crippen LogP contribution in [0.2, 0.25) is 4.34 Å². The third kappa shape index (κ3) is 3.73. The molecule has 0 fully saturated rings. The summed E-state index contributed by atoms with van der Waals surface area (Å²) in [5.74, 6) is -0.770. The number of hydrogen-bond donors (Lipinski definition) is 2. The fourth-order valence-corrected chi connectivity index (χ4v) is 3.04.